The molecule has 0 heterocycles. The molecule has 100 valence electrons. The van der Waals surface area contributed by atoms with Crippen LogP contribution < -0.4 is 15.8 Å². The van der Waals surface area contributed by atoms with Crippen molar-refractivity contribution in [2.75, 3.05) is 5.32 Å². The van der Waals surface area contributed by atoms with Crippen molar-refractivity contribution >= 4 is 23.0 Å². The maximum absolute atomic E-state index is 8.72. The second kappa shape index (κ2) is 6.55. The van der Waals surface area contributed by atoms with E-state index in [0.29, 0.717) is 12.2 Å². The van der Waals surface area contributed by atoms with Crippen LogP contribution in [0.4, 0.5) is 5.69 Å². The topological polar surface area (TPSA) is 71.1 Å². The number of anilines is 1. The van der Waals surface area contributed by atoms with Crippen LogP contribution in [0.3, 0.4) is 0 Å². The lowest BCUT2D eigenvalue weighted by atomic mass is 10.2. The molecule has 2 aromatic carbocycles. The van der Waals surface area contributed by atoms with Gasteiger partial charge in [-0.25, -0.2) is 0 Å². The second-order valence-corrected chi connectivity index (χ2v) is 4.55. The van der Waals surface area contributed by atoms with Gasteiger partial charge in [0.15, 0.2) is 5.11 Å². The molecule has 5 heteroatoms. The fourth-order valence-corrected chi connectivity index (χ4v) is 1.74. The lowest BCUT2D eigenvalue weighted by Crippen LogP contribution is -2.18. The number of hydrogen-bond donors (Lipinski definition) is 2. The lowest BCUT2D eigenvalue weighted by Gasteiger charge is -2.08. The largest absolute Gasteiger partial charge is 0.489 e. The van der Waals surface area contributed by atoms with Crippen molar-refractivity contribution in [1.29, 1.82) is 5.26 Å². The normalized spacial score (nSPS) is 9.55. The fraction of sp³-hybridized carbons (Fsp3) is 0.0667. The van der Waals surface area contributed by atoms with Crippen LogP contribution in [-0.4, -0.2) is 5.11 Å². The maximum Gasteiger partial charge on any atom is 0.168 e. The van der Waals surface area contributed by atoms with Crippen LogP contribution in [0.15, 0.2) is 48.5 Å². The SMILES string of the molecule is N#Cc1ccc(COc2ccc(NC(N)=S)cc2)cc1. The number of thiocarbonyl (C=S) groups is 1. The van der Waals surface area contributed by atoms with Crippen molar-refractivity contribution < 1.29 is 4.74 Å². The number of nitrogens with one attached hydrogen (secondary N) is 1. The molecule has 3 N–H and O–H groups in total. The second-order valence-electron chi connectivity index (χ2n) is 4.11. The molecule has 0 amide bonds. The van der Waals surface area contributed by atoms with Crippen molar-refractivity contribution in [1.82, 2.24) is 0 Å². The standard InChI is InChI=1S/C15H13N3OS/c16-9-11-1-3-12(4-2-11)10-19-14-7-5-13(6-8-14)18-15(17)20/h1-8H,10H2,(H3,17,18,20). The number of nitrogens with zero attached hydrogens (tertiary/aromatic N) is 1. The Morgan fingerprint density at radius 1 is 1.15 bits per heavy atom. The molecule has 20 heavy (non-hydrogen) atoms. The number of hydrogen-bond acceptors (Lipinski definition) is 3. The van der Waals surface area contributed by atoms with E-state index in [1.54, 1.807) is 12.1 Å². The third-order valence-electron chi connectivity index (χ3n) is 2.61. The quantitative estimate of drug-likeness (QED) is 0.844. The average Bonchev–Trinajstić information content (AvgIpc) is 2.46. The maximum atomic E-state index is 8.72. The highest BCUT2D eigenvalue weighted by atomic mass is 32.1. The molecule has 0 aliphatic heterocycles. The van der Waals surface area contributed by atoms with E-state index < -0.39 is 0 Å². The summed E-state index contributed by atoms with van der Waals surface area (Å²) in [7, 11) is 0. The number of rotatable bonds is 4. The molecule has 0 radical (unpaired) electrons. The summed E-state index contributed by atoms with van der Waals surface area (Å²) in [6.07, 6.45) is 0. The Hall–Kier alpha value is -2.58. The van der Waals surface area contributed by atoms with Gasteiger partial charge in [-0.1, -0.05) is 12.1 Å². The minimum Gasteiger partial charge on any atom is -0.489 e. The van der Waals surface area contributed by atoms with Gasteiger partial charge in [-0.15, -0.1) is 0 Å². The number of nitrogens with two attached hydrogens (primary N) is 1. The molecule has 4 nitrogen and oxygen atoms in total. The molecule has 0 unspecified atom stereocenters. The van der Waals surface area contributed by atoms with E-state index in [0.717, 1.165) is 17.0 Å². The summed E-state index contributed by atoms with van der Waals surface area (Å²) in [4.78, 5) is 0. The van der Waals surface area contributed by atoms with Gasteiger partial charge >= 0.3 is 0 Å². The summed E-state index contributed by atoms with van der Waals surface area (Å²) in [6, 6.07) is 16.7. The van der Waals surface area contributed by atoms with Gasteiger partial charge in [-0.2, -0.15) is 5.26 Å². The number of nitriles is 1. The smallest absolute Gasteiger partial charge is 0.168 e. The molecule has 0 bridgehead atoms. The molecule has 0 aromatic heterocycles. The molecule has 0 aliphatic rings. The van der Waals surface area contributed by atoms with Crippen LogP contribution in [0.25, 0.3) is 0 Å². The van der Waals surface area contributed by atoms with Crippen molar-refractivity contribution in [2.45, 2.75) is 6.61 Å². The van der Waals surface area contributed by atoms with E-state index in [9.17, 15) is 0 Å². The summed E-state index contributed by atoms with van der Waals surface area (Å²) < 4.78 is 5.65. The zero-order valence-corrected chi connectivity index (χ0v) is 11.5. The van der Waals surface area contributed by atoms with E-state index in [1.807, 2.05) is 36.4 Å². The first-order valence-electron chi connectivity index (χ1n) is 5.96. The van der Waals surface area contributed by atoms with Crippen LogP contribution >= 0.6 is 12.2 Å². The Morgan fingerprint density at radius 3 is 2.35 bits per heavy atom. The first-order valence-corrected chi connectivity index (χ1v) is 6.36. The highest BCUT2D eigenvalue weighted by Crippen LogP contribution is 2.17. The predicted octanol–water partition coefficient (Wildman–Crippen LogP) is 2.79. The predicted molar refractivity (Wildman–Crippen MR) is 82.3 cm³/mol. The van der Waals surface area contributed by atoms with Crippen LogP contribution in [0.2, 0.25) is 0 Å². The summed E-state index contributed by atoms with van der Waals surface area (Å²) in [5, 5.41) is 11.8. The van der Waals surface area contributed by atoms with E-state index in [2.05, 4.69) is 11.4 Å². The number of benzene rings is 2. The minimum atomic E-state index is 0.233. The molecule has 0 aliphatic carbocycles. The van der Waals surface area contributed by atoms with Crippen LogP contribution in [0, 0.1) is 11.3 Å². The zero-order chi connectivity index (χ0) is 14.4. The van der Waals surface area contributed by atoms with E-state index >= 15 is 0 Å². The van der Waals surface area contributed by atoms with Gasteiger partial charge in [0.1, 0.15) is 12.4 Å². The van der Waals surface area contributed by atoms with Gasteiger partial charge in [-0.3, -0.25) is 0 Å². The van der Waals surface area contributed by atoms with Crippen molar-refractivity contribution in [3.05, 3.63) is 59.7 Å². The highest BCUT2D eigenvalue weighted by Gasteiger charge is 1.98. The summed E-state index contributed by atoms with van der Waals surface area (Å²) >= 11 is 4.76. The van der Waals surface area contributed by atoms with Crippen LogP contribution in [0.5, 0.6) is 5.75 Å². The van der Waals surface area contributed by atoms with Crippen LogP contribution in [0.1, 0.15) is 11.1 Å². The molecular weight excluding hydrogens is 270 g/mol. The molecule has 0 saturated heterocycles. The van der Waals surface area contributed by atoms with E-state index in [4.69, 9.17) is 28.0 Å². The Balaban J connectivity index is 1.93. The summed E-state index contributed by atoms with van der Waals surface area (Å²) in [5.74, 6) is 0.753. The fourth-order valence-electron chi connectivity index (χ4n) is 1.62. The minimum absolute atomic E-state index is 0.233. The lowest BCUT2D eigenvalue weighted by molar-refractivity contribution is 0.306. The molecular formula is C15H13N3OS. The Bertz CT molecular complexity index is 630. The highest BCUT2D eigenvalue weighted by molar-refractivity contribution is 7.80. The Labute approximate surface area is 122 Å². The van der Waals surface area contributed by atoms with Crippen molar-refractivity contribution in [2.24, 2.45) is 5.73 Å². The van der Waals surface area contributed by atoms with Gasteiger partial charge in [0, 0.05) is 5.69 Å². The molecule has 0 spiro atoms. The first-order chi connectivity index (χ1) is 9.67. The van der Waals surface area contributed by atoms with Gasteiger partial charge in [0.25, 0.3) is 0 Å². The molecule has 0 atom stereocenters. The van der Waals surface area contributed by atoms with Crippen molar-refractivity contribution in [3.63, 3.8) is 0 Å². The number of ether oxygens (including phenoxy) is 1. The third-order valence-corrected chi connectivity index (χ3v) is 2.71. The molecule has 0 fully saturated rings. The van der Waals surface area contributed by atoms with Gasteiger partial charge < -0.3 is 15.8 Å². The Kier molecular flexibility index (Phi) is 4.53. The monoisotopic (exact) mass is 283 g/mol. The van der Waals surface area contributed by atoms with Crippen molar-refractivity contribution in [3.8, 4) is 11.8 Å². The zero-order valence-electron chi connectivity index (χ0n) is 10.7. The van der Waals surface area contributed by atoms with E-state index in [-0.39, 0.29) is 5.11 Å². The third kappa shape index (κ3) is 3.97. The molecule has 2 rings (SSSR count). The average molecular weight is 283 g/mol. The Morgan fingerprint density at radius 2 is 1.80 bits per heavy atom. The molecule has 2 aromatic rings. The summed E-state index contributed by atoms with van der Waals surface area (Å²) in [5.41, 5.74) is 7.86. The molecule has 0 saturated carbocycles. The van der Waals surface area contributed by atoms with E-state index in [1.165, 1.54) is 0 Å². The summed E-state index contributed by atoms with van der Waals surface area (Å²) in [6.45, 7) is 0.452. The van der Waals surface area contributed by atoms with Gasteiger partial charge in [0.05, 0.1) is 11.6 Å². The van der Waals surface area contributed by atoms with Crippen LogP contribution in [-0.2, 0) is 6.61 Å². The first kappa shape index (κ1) is 13.8. The van der Waals surface area contributed by atoms with Gasteiger partial charge in [0.2, 0.25) is 0 Å². The van der Waals surface area contributed by atoms with Gasteiger partial charge in [-0.05, 0) is 54.2 Å².